The zero-order valence-corrected chi connectivity index (χ0v) is 7.05. The minimum atomic E-state index is -0.238. The van der Waals surface area contributed by atoms with Crippen LogP contribution in [0.4, 0.5) is 0 Å². The molecule has 0 amide bonds. The van der Waals surface area contributed by atoms with Crippen molar-refractivity contribution in [2.24, 2.45) is 0 Å². The van der Waals surface area contributed by atoms with E-state index in [2.05, 4.69) is 5.32 Å². The molecule has 3 nitrogen and oxygen atoms in total. The van der Waals surface area contributed by atoms with Crippen LogP contribution in [0.3, 0.4) is 0 Å². The fraction of sp³-hybridized carbons (Fsp3) is 1.00. The molecule has 66 valence electrons. The predicted molar refractivity (Wildman–Crippen MR) is 43.5 cm³/mol. The Hall–Kier alpha value is -0.120. The SMILES string of the molecule is CC(O)CNC1CCOCC1. The van der Waals surface area contributed by atoms with Crippen molar-refractivity contribution < 1.29 is 9.84 Å². The summed E-state index contributed by atoms with van der Waals surface area (Å²) in [6, 6.07) is 0.554. The lowest BCUT2D eigenvalue weighted by atomic mass is 10.1. The third-order valence-corrected chi connectivity index (χ3v) is 1.92. The van der Waals surface area contributed by atoms with Crippen molar-refractivity contribution in [1.29, 1.82) is 0 Å². The summed E-state index contributed by atoms with van der Waals surface area (Å²) >= 11 is 0. The van der Waals surface area contributed by atoms with Gasteiger partial charge in [0.05, 0.1) is 6.10 Å². The summed E-state index contributed by atoms with van der Waals surface area (Å²) in [6.45, 7) is 4.21. The van der Waals surface area contributed by atoms with Crippen molar-refractivity contribution in [3.8, 4) is 0 Å². The van der Waals surface area contributed by atoms with Gasteiger partial charge in [-0.3, -0.25) is 0 Å². The third-order valence-electron chi connectivity index (χ3n) is 1.92. The van der Waals surface area contributed by atoms with E-state index in [1.54, 1.807) is 6.92 Å². The molecule has 2 N–H and O–H groups in total. The Labute approximate surface area is 67.7 Å². The maximum absolute atomic E-state index is 8.99. The normalized spacial score (nSPS) is 23.5. The molecule has 0 aromatic heterocycles. The molecule has 1 unspecified atom stereocenters. The minimum absolute atomic E-state index is 0.238. The lowest BCUT2D eigenvalue weighted by Gasteiger charge is -2.23. The first-order valence-corrected chi connectivity index (χ1v) is 4.28. The highest BCUT2D eigenvalue weighted by Gasteiger charge is 2.12. The molecule has 0 bridgehead atoms. The molecule has 0 spiro atoms. The van der Waals surface area contributed by atoms with Gasteiger partial charge in [0.1, 0.15) is 0 Å². The Bertz CT molecular complexity index is 100. The van der Waals surface area contributed by atoms with Gasteiger partial charge in [-0.05, 0) is 19.8 Å². The van der Waals surface area contributed by atoms with E-state index in [4.69, 9.17) is 9.84 Å². The summed E-state index contributed by atoms with van der Waals surface area (Å²) in [5.41, 5.74) is 0. The molecule has 1 rings (SSSR count). The second kappa shape index (κ2) is 4.70. The average Bonchev–Trinajstić information content (AvgIpc) is 2.03. The molecule has 1 fully saturated rings. The molecule has 1 atom stereocenters. The van der Waals surface area contributed by atoms with E-state index in [0.717, 1.165) is 26.1 Å². The number of nitrogens with one attached hydrogen (secondary N) is 1. The topological polar surface area (TPSA) is 41.5 Å². The molecule has 3 heteroatoms. The number of aliphatic hydroxyl groups excluding tert-OH is 1. The van der Waals surface area contributed by atoms with E-state index in [1.807, 2.05) is 0 Å². The number of hydrogen-bond donors (Lipinski definition) is 2. The van der Waals surface area contributed by atoms with Crippen LogP contribution in [0.15, 0.2) is 0 Å². The Morgan fingerprint density at radius 3 is 2.73 bits per heavy atom. The summed E-state index contributed by atoms with van der Waals surface area (Å²) in [4.78, 5) is 0. The van der Waals surface area contributed by atoms with Crippen LogP contribution in [0.1, 0.15) is 19.8 Å². The first kappa shape index (κ1) is 8.97. The number of ether oxygens (including phenoxy) is 1. The highest BCUT2D eigenvalue weighted by molar-refractivity contribution is 4.70. The van der Waals surface area contributed by atoms with Crippen molar-refractivity contribution >= 4 is 0 Å². The van der Waals surface area contributed by atoms with Crippen molar-refractivity contribution in [2.75, 3.05) is 19.8 Å². The van der Waals surface area contributed by atoms with Gasteiger partial charge in [-0.25, -0.2) is 0 Å². The zero-order chi connectivity index (χ0) is 8.10. The smallest absolute Gasteiger partial charge is 0.0636 e. The van der Waals surface area contributed by atoms with Gasteiger partial charge in [0.25, 0.3) is 0 Å². The largest absolute Gasteiger partial charge is 0.392 e. The zero-order valence-electron chi connectivity index (χ0n) is 7.05. The highest BCUT2D eigenvalue weighted by Crippen LogP contribution is 2.05. The maximum atomic E-state index is 8.99. The molecule has 0 aliphatic carbocycles. The minimum Gasteiger partial charge on any atom is -0.392 e. The second-order valence-corrected chi connectivity index (χ2v) is 3.14. The molecule has 1 saturated heterocycles. The highest BCUT2D eigenvalue weighted by atomic mass is 16.5. The summed E-state index contributed by atoms with van der Waals surface area (Å²) in [5, 5.41) is 12.3. The van der Waals surface area contributed by atoms with Crippen molar-refractivity contribution in [1.82, 2.24) is 5.32 Å². The molecule has 1 heterocycles. The van der Waals surface area contributed by atoms with Crippen LogP contribution in [0.25, 0.3) is 0 Å². The van der Waals surface area contributed by atoms with Crippen LogP contribution in [0.2, 0.25) is 0 Å². The Morgan fingerprint density at radius 2 is 2.18 bits per heavy atom. The molecule has 1 aliphatic heterocycles. The molecule has 11 heavy (non-hydrogen) atoms. The van der Waals surface area contributed by atoms with Crippen LogP contribution in [-0.4, -0.2) is 37.0 Å². The van der Waals surface area contributed by atoms with Gasteiger partial charge in [-0.2, -0.15) is 0 Å². The first-order chi connectivity index (χ1) is 5.29. The first-order valence-electron chi connectivity index (χ1n) is 4.28. The Morgan fingerprint density at radius 1 is 1.55 bits per heavy atom. The van der Waals surface area contributed by atoms with E-state index >= 15 is 0 Å². The molecule has 0 radical (unpaired) electrons. The van der Waals surface area contributed by atoms with Crippen LogP contribution in [0, 0.1) is 0 Å². The van der Waals surface area contributed by atoms with Crippen LogP contribution in [-0.2, 0) is 4.74 Å². The van der Waals surface area contributed by atoms with Gasteiger partial charge in [-0.1, -0.05) is 0 Å². The summed E-state index contributed by atoms with van der Waals surface area (Å²) < 4.78 is 5.20. The van der Waals surface area contributed by atoms with E-state index < -0.39 is 0 Å². The molecular weight excluding hydrogens is 142 g/mol. The van der Waals surface area contributed by atoms with Gasteiger partial charge in [0, 0.05) is 25.8 Å². The molecule has 0 aromatic rings. The van der Waals surface area contributed by atoms with Crippen LogP contribution in [0.5, 0.6) is 0 Å². The van der Waals surface area contributed by atoms with Crippen molar-refractivity contribution in [3.05, 3.63) is 0 Å². The summed E-state index contributed by atoms with van der Waals surface area (Å²) in [7, 11) is 0. The average molecular weight is 159 g/mol. The lowest BCUT2D eigenvalue weighted by molar-refractivity contribution is 0.0735. The fourth-order valence-corrected chi connectivity index (χ4v) is 1.24. The quantitative estimate of drug-likeness (QED) is 0.615. The lowest BCUT2D eigenvalue weighted by Crippen LogP contribution is -2.38. The molecular formula is C8H17NO2. The maximum Gasteiger partial charge on any atom is 0.0636 e. The van der Waals surface area contributed by atoms with Crippen molar-refractivity contribution in [3.63, 3.8) is 0 Å². The number of hydrogen-bond acceptors (Lipinski definition) is 3. The molecule has 1 aliphatic rings. The van der Waals surface area contributed by atoms with Gasteiger partial charge < -0.3 is 15.2 Å². The summed E-state index contributed by atoms with van der Waals surface area (Å²) in [6.07, 6.45) is 1.91. The Balaban J connectivity index is 2.05. The molecule has 0 aromatic carbocycles. The van der Waals surface area contributed by atoms with Gasteiger partial charge in [0.15, 0.2) is 0 Å². The Kier molecular flexibility index (Phi) is 3.83. The monoisotopic (exact) mass is 159 g/mol. The molecule has 0 saturated carbocycles. The van der Waals surface area contributed by atoms with Gasteiger partial charge in [0.2, 0.25) is 0 Å². The van der Waals surface area contributed by atoms with Crippen molar-refractivity contribution in [2.45, 2.75) is 31.9 Å². The summed E-state index contributed by atoms with van der Waals surface area (Å²) in [5.74, 6) is 0. The van der Waals surface area contributed by atoms with E-state index in [-0.39, 0.29) is 6.10 Å². The van der Waals surface area contributed by atoms with E-state index in [1.165, 1.54) is 0 Å². The fourth-order valence-electron chi connectivity index (χ4n) is 1.24. The van der Waals surface area contributed by atoms with Crippen LogP contribution < -0.4 is 5.32 Å². The van der Waals surface area contributed by atoms with Gasteiger partial charge in [-0.15, -0.1) is 0 Å². The third kappa shape index (κ3) is 3.70. The van der Waals surface area contributed by atoms with E-state index in [0.29, 0.717) is 12.6 Å². The number of rotatable bonds is 3. The van der Waals surface area contributed by atoms with E-state index in [9.17, 15) is 0 Å². The standard InChI is InChI=1S/C8H17NO2/c1-7(10)6-9-8-2-4-11-5-3-8/h7-10H,2-6H2,1H3. The number of aliphatic hydroxyl groups is 1. The van der Waals surface area contributed by atoms with Gasteiger partial charge >= 0.3 is 0 Å². The second-order valence-electron chi connectivity index (χ2n) is 3.14. The van der Waals surface area contributed by atoms with Crippen LogP contribution >= 0.6 is 0 Å². The predicted octanol–water partition coefficient (Wildman–Crippen LogP) is 0.136.